The van der Waals surface area contributed by atoms with Gasteiger partial charge in [-0.2, -0.15) is 5.26 Å². The highest BCUT2D eigenvalue weighted by Crippen LogP contribution is 2.36. The van der Waals surface area contributed by atoms with Gasteiger partial charge in [0.2, 0.25) is 12.6 Å². The molecule has 0 fully saturated rings. The van der Waals surface area contributed by atoms with Crippen molar-refractivity contribution in [2.24, 2.45) is 7.05 Å². The Hall–Kier alpha value is -3.34. The maximum Gasteiger partial charge on any atom is 0.273 e. The van der Waals surface area contributed by atoms with E-state index < -0.39 is 5.56 Å². The number of hydrogen-bond acceptors (Lipinski definition) is 6. The van der Waals surface area contributed by atoms with Gasteiger partial charge in [-0.3, -0.25) is 13.8 Å². The van der Waals surface area contributed by atoms with Gasteiger partial charge < -0.3 is 9.47 Å². The van der Waals surface area contributed by atoms with Crippen LogP contribution in [0.15, 0.2) is 29.3 Å². The first kappa shape index (κ1) is 12.4. The van der Waals surface area contributed by atoms with Gasteiger partial charge in [0.15, 0.2) is 11.5 Å². The Morgan fingerprint density at radius 1 is 1.32 bits per heavy atom. The summed E-state index contributed by atoms with van der Waals surface area (Å²) < 4.78 is 13.5. The monoisotopic (exact) mass is 295 g/mol. The molecule has 4 rings (SSSR count). The second-order valence-corrected chi connectivity index (χ2v) is 4.77. The summed E-state index contributed by atoms with van der Waals surface area (Å²) in [5.41, 5.74) is 0.691. The first-order chi connectivity index (χ1) is 10.7. The molecule has 0 bridgehead atoms. The maximum absolute atomic E-state index is 12.3. The predicted octanol–water partition coefficient (Wildman–Crippen LogP) is 0.695. The minimum atomic E-state index is -0.421. The molecule has 2 aromatic heterocycles. The van der Waals surface area contributed by atoms with Crippen LogP contribution in [-0.4, -0.2) is 26.0 Å². The van der Waals surface area contributed by atoms with Gasteiger partial charge in [-0.25, -0.2) is 0 Å². The van der Waals surface area contributed by atoms with E-state index in [4.69, 9.17) is 9.47 Å². The van der Waals surface area contributed by atoms with E-state index in [2.05, 4.69) is 10.2 Å². The number of rotatable bonds is 1. The Morgan fingerprint density at radius 3 is 2.95 bits per heavy atom. The SMILES string of the molecule is Cn1c(=O)c(C#N)c(-c2ccc3c(c2)OCO3)n2cnnc12. The summed E-state index contributed by atoms with van der Waals surface area (Å²) in [5, 5.41) is 17.2. The van der Waals surface area contributed by atoms with E-state index in [-0.39, 0.29) is 12.4 Å². The lowest BCUT2D eigenvalue weighted by Gasteiger charge is -2.10. The molecule has 3 heterocycles. The van der Waals surface area contributed by atoms with Crippen molar-refractivity contribution in [2.45, 2.75) is 0 Å². The van der Waals surface area contributed by atoms with Crippen LogP contribution in [0, 0.1) is 11.3 Å². The second-order valence-electron chi connectivity index (χ2n) is 4.77. The van der Waals surface area contributed by atoms with Crippen LogP contribution in [0.5, 0.6) is 11.5 Å². The van der Waals surface area contributed by atoms with Crippen molar-refractivity contribution in [3.05, 3.63) is 40.4 Å². The zero-order chi connectivity index (χ0) is 15.3. The summed E-state index contributed by atoms with van der Waals surface area (Å²) in [5.74, 6) is 1.56. The number of nitrogens with zero attached hydrogens (tertiary/aromatic N) is 5. The summed E-state index contributed by atoms with van der Waals surface area (Å²) in [6.45, 7) is 0.155. The zero-order valence-electron chi connectivity index (χ0n) is 11.5. The number of benzene rings is 1. The van der Waals surface area contributed by atoms with Crippen molar-refractivity contribution in [3.63, 3.8) is 0 Å². The molecule has 0 amide bonds. The first-order valence-electron chi connectivity index (χ1n) is 6.43. The lowest BCUT2D eigenvalue weighted by molar-refractivity contribution is 0.174. The summed E-state index contributed by atoms with van der Waals surface area (Å²) in [6.07, 6.45) is 1.47. The van der Waals surface area contributed by atoms with Crippen molar-refractivity contribution in [2.75, 3.05) is 6.79 Å². The van der Waals surface area contributed by atoms with Gasteiger partial charge in [0.25, 0.3) is 5.56 Å². The molecule has 0 saturated heterocycles. The van der Waals surface area contributed by atoms with Crippen molar-refractivity contribution >= 4 is 5.78 Å². The third-order valence-electron chi connectivity index (χ3n) is 3.58. The van der Waals surface area contributed by atoms with E-state index in [0.717, 1.165) is 0 Å². The molecule has 1 aliphatic rings. The lowest BCUT2D eigenvalue weighted by Crippen LogP contribution is -2.24. The highest BCUT2D eigenvalue weighted by Gasteiger charge is 2.20. The molecule has 0 spiro atoms. The molecule has 1 aromatic carbocycles. The molecule has 3 aromatic rings. The molecular formula is C14H9N5O3. The van der Waals surface area contributed by atoms with Crippen LogP contribution >= 0.6 is 0 Å². The summed E-state index contributed by atoms with van der Waals surface area (Å²) in [4.78, 5) is 12.3. The molecule has 0 radical (unpaired) electrons. The minimum absolute atomic E-state index is 0.0219. The maximum atomic E-state index is 12.3. The average molecular weight is 295 g/mol. The molecule has 0 N–H and O–H groups in total. The van der Waals surface area contributed by atoms with Gasteiger partial charge in [-0.1, -0.05) is 0 Å². The molecule has 1 aliphatic heterocycles. The third kappa shape index (κ3) is 1.53. The van der Waals surface area contributed by atoms with Gasteiger partial charge in [-0.15, -0.1) is 10.2 Å². The number of aryl methyl sites for hydroxylation is 1. The summed E-state index contributed by atoms with van der Waals surface area (Å²) >= 11 is 0. The quantitative estimate of drug-likeness (QED) is 0.655. The molecule has 0 atom stereocenters. The smallest absolute Gasteiger partial charge is 0.273 e. The van der Waals surface area contributed by atoms with Crippen LogP contribution in [0.25, 0.3) is 17.0 Å². The normalized spacial score (nSPS) is 12.5. The number of fused-ring (bicyclic) bond motifs is 2. The van der Waals surface area contributed by atoms with Crippen LogP contribution in [0.3, 0.4) is 0 Å². The van der Waals surface area contributed by atoms with Gasteiger partial charge in [0.05, 0.1) is 5.69 Å². The van der Waals surface area contributed by atoms with Gasteiger partial charge in [0.1, 0.15) is 18.0 Å². The molecule has 8 heteroatoms. The van der Waals surface area contributed by atoms with E-state index in [1.807, 2.05) is 6.07 Å². The van der Waals surface area contributed by atoms with Gasteiger partial charge >= 0.3 is 0 Å². The van der Waals surface area contributed by atoms with Crippen molar-refractivity contribution in [1.82, 2.24) is 19.2 Å². The fraction of sp³-hybridized carbons (Fsp3) is 0.143. The number of nitriles is 1. The Kier molecular flexibility index (Phi) is 2.44. The van der Waals surface area contributed by atoms with Gasteiger partial charge in [-0.05, 0) is 18.2 Å². The fourth-order valence-electron chi connectivity index (χ4n) is 2.52. The Morgan fingerprint density at radius 2 is 2.14 bits per heavy atom. The highest BCUT2D eigenvalue weighted by molar-refractivity contribution is 5.71. The molecule has 0 unspecified atom stereocenters. The Balaban J connectivity index is 2.11. The topological polar surface area (TPSA) is 94.4 Å². The Labute approximate surface area is 123 Å². The number of aromatic nitrogens is 4. The Bertz CT molecular complexity index is 1010. The van der Waals surface area contributed by atoms with Crippen LogP contribution in [0.1, 0.15) is 5.56 Å². The number of ether oxygens (including phenoxy) is 2. The second kappa shape index (κ2) is 4.33. The molecule has 108 valence electrons. The van der Waals surface area contributed by atoms with Crippen LogP contribution < -0.4 is 15.0 Å². The van der Waals surface area contributed by atoms with E-state index >= 15 is 0 Å². The van der Waals surface area contributed by atoms with Crippen molar-refractivity contribution in [1.29, 1.82) is 5.26 Å². The molecule has 0 aliphatic carbocycles. The first-order valence-corrected chi connectivity index (χ1v) is 6.43. The molecule has 22 heavy (non-hydrogen) atoms. The third-order valence-corrected chi connectivity index (χ3v) is 3.58. The highest BCUT2D eigenvalue weighted by atomic mass is 16.7. The van der Waals surface area contributed by atoms with E-state index in [1.54, 1.807) is 29.6 Å². The summed E-state index contributed by atoms with van der Waals surface area (Å²) in [6, 6.07) is 7.21. The van der Waals surface area contributed by atoms with Crippen LogP contribution in [0.4, 0.5) is 0 Å². The molecule has 0 saturated carbocycles. The van der Waals surface area contributed by atoms with E-state index in [9.17, 15) is 10.1 Å². The van der Waals surface area contributed by atoms with E-state index in [0.29, 0.717) is 28.5 Å². The zero-order valence-corrected chi connectivity index (χ0v) is 11.5. The van der Waals surface area contributed by atoms with Crippen molar-refractivity contribution in [3.8, 4) is 28.8 Å². The average Bonchev–Trinajstić information content (AvgIpc) is 3.18. The summed E-state index contributed by atoms with van der Waals surface area (Å²) in [7, 11) is 1.55. The number of hydrogen-bond donors (Lipinski definition) is 0. The molecular weight excluding hydrogens is 286 g/mol. The fourth-order valence-corrected chi connectivity index (χ4v) is 2.52. The standard InChI is InChI=1S/C14H9N5O3/c1-18-13(20)9(5-15)12(19-6-16-17-14(18)19)8-2-3-10-11(4-8)22-7-21-10/h2-4,6H,7H2,1H3. The van der Waals surface area contributed by atoms with Crippen LogP contribution in [0.2, 0.25) is 0 Å². The molecule has 8 nitrogen and oxygen atoms in total. The lowest BCUT2D eigenvalue weighted by atomic mass is 10.1. The largest absolute Gasteiger partial charge is 0.454 e. The van der Waals surface area contributed by atoms with Crippen LogP contribution in [-0.2, 0) is 7.05 Å². The minimum Gasteiger partial charge on any atom is -0.454 e. The van der Waals surface area contributed by atoms with Gasteiger partial charge in [0, 0.05) is 12.6 Å². The predicted molar refractivity (Wildman–Crippen MR) is 74.5 cm³/mol. The van der Waals surface area contributed by atoms with E-state index in [1.165, 1.54) is 10.9 Å². The van der Waals surface area contributed by atoms with Crippen molar-refractivity contribution < 1.29 is 9.47 Å².